The van der Waals surface area contributed by atoms with Crippen molar-refractivity contribution in [2.24, 2.45) is 4.99 Å². The Kier molecular flexibility index (Phi) is 8.95. The third kappa shape index (κ3) is 7.03. The van der Waals surface area contributed by atoms with Gasteiger partial charge in [0.25, 0.3) is 0 Å². The molecule has 7 heteroatoms. The average molecular weight is 499 g/mol. The monoisotopic (exact) mass is 499 g/mol. The quantitative estimate of drug-likeness (QED) is 0.345. The lowest BCUT2D eigenvalue weighted by Gasteiger charge is -2.24. The van der Waals surface area contributed by atoms with Crippen LogP contribution in [0.3, 0.4) is 0 Å². The molecule has 0 aliphatic carbocycles. The number of imidazole rings is 1. The van der Waals surface area contributed by atoms with Crippen molar-refractivity contribution < 1.29 is 0 Å². The van der Waals surface area contributed by atoms with Gasteiger partial charge in [0.15, 0.2) is 5.96 Å². The first-order chi connectivity index (χ1) is 12.7. The SMILES string of the molecule is CCNC(=NCc1ccc(Cn2ccnc2)cc1)NCC1(C)CCCS1.I. The molecule has 2 heterocycles. The van der Waals surface area contributed by atoms with Crippen LogP contribution in [0.4, 0.5) is 0 Å². The van der Waals surface area contributed by atoms with Crippen LogP contribution in [0, 0.1) is 0 Å². The van der Waals surface area contributed by atoms with Crippen molar-refractivity contribution in [3.05, 3.63) is 54.1 Å². The first-order valence-corrected chi connectivity index (χ1v) is 10.4. The summed E-state index contributed by atoms with van der Waals surface area (Å²) in [5.74, 6) is 2.18. The van der Waals surface area contributed by atoms with Crippen LogP contribution in [-0.4, -0.2) is 39.1 Å². The Morgan fingerprint density at radius 2 is 2.04 bits per heavy atom. The summed E-state index contributed by atoms with van der Waals surface area (Å²) in [4.78, 5) is 8.83. The van der Waals surface area contributed by atoms with E-state index >= 15 is 0 Å². The van der Waals surface area contributed by atoms with Crippen LogP contribution in [-0.2, 0) is 13.1 Å². The molecule has 5 nitrogen and oxygen atoms in total. The second-order valence-corrected chi connectivity index (χ2v) is 8.68. The Bertz CT molecular complexity index is 694. The minimum atomic E-state index is 0. The fraction of sp³-hybridized carbons (Fsp3) is 0.500. The Labute approximate surface area is 183 Å². The van der Waals surface area contributed by atoms with Gasteiger partial charge in [0.05, 0.1) is 12.9 Å². The molecule has 3 rings (SSSR count). The van der Waals surface area contributed by atoms with Crippen molar-refractivity contribution >= 4 is 41.7 Å². The highest BCUT2D eigenvalue weighted by Crippen LogP contribution is 2.36. The van der Waals surface area contributed by atoms with Crippen LogP contribution in [0.5, 0.6) is 0 Å². The number of guanidine groups is 1. The molecule has 1 aromatic carbocycles. The molecule has 0 bridgehead atoms. The Balaban J connectivity index is 0.00000261. The molecular formula is C20H30IN5S. The lowest BCUT2D eigenvalue weighted by atomic mass is 10.1. The van der Waals surface area contributed by atoms with Crippen LogP contribution in [0.25, 0.3) is 0 Å². The van der Waals surface area contributed by atoms with Crippen molar-refractivity contribution in [2.75, 3.05) is 18.8 Å². The maximum Gasteiger partial charge on any atom is 0.191 e. The molecule has 2 N–H and O–H groups in total. The second kappa shape index (κ2) is 10.9. The molecule has 27 heavy (non-hydrogen) atoms. The van der Waals surface area contributed by atoms with Gasteiger partial charge in [0, 0.05) is 36.8 Å². The molecule has 2 aromatic rings. The zero-order chi connectivity index (χ0) is 18.2. The molecule has 0 amide bonds. The number of aromatic nitrogens is 2. The Hall–Kier alpha value is -1.22. The molecule has 1 aromatic heterocycles. The van der Waals surface area contributed by atoms with Crippen LogP contribution in [0.15, 0.2) is 48.0 Å². The minimum Gasteiger partial charge on any atom is -0.357 e. The Morgan fingerprint density at radius 3 is 2.67 bits per heavy atom. The van der Waals surface area contributed by atoms with Gasteiger partial charge in [-0.05, 0) is 43.6 Å². The van der Waals surface area contributed by atoms with Gasteiger partial charge in [-0.25, -0.2) is 9.98 Å². The summed E-state index contributed by atoms with van der Waals surface area (Å²) in [6.45, 7) is 7.83. The van der Waals surface area contributed by atoms with E-state index in [2.05, 4.69) is 70.1 Å². The molecule has 1 unspecified atom stereocenters. The highest BCUT2D eigenvalue weighted by atomic mass is 127. The number of hydrogen-bond donors (Lipinski definition) is 2. The molecule has 1 saturated heterocycles. The molecule has 1 atom stereocenters. The number of nitrogens with one attached hydrogen (secondary N) is 2. The van der Waals surface area contributed by atoms with Gasteiger partial charge in [0.1, 0.15) is 0 Å². The Morgan fingerprint density at radius 1 is 1.26 bits per heavy atom. The summed E-state index contributed by atoms with van der Waals surface area (Å²) in [5.41, 5.74) is 2.49. The fourth-order valence-electron chi connectivity index (χ4n) is 3.10. The predicted octanol–water partition coefficient (Wildman–Crippen LogP) is 3.89. The van der Waals surface area contributed by atoms with Gasteiger partial charge in [-0.15, -0.1) is 24.0 Å². The topological polar surface area (TPSA) is 54.2 Å². The van der Waals surface area contributed by atoms with Crippen molar-refractivity contribution in [1.29, 1.82) is 0 Å². The van der Waals surface area contributed by atoms with Gasteiger partial charge < -0.3 is 15.2 Å². The number of benzene rings is 1. The number of thioether (sulfide) groups is 1. The number of hydrogen-bond acceptors (Lipinski definition) is 3. The normalized spacial score (nSPS) is 19.6. The third-order valence-electron chi connectivity index (χ3n) is 4.64. The first-order valence-electron chi connectivity index (χ1n) is 9.36. The number of rotatable bonds is 7. The first kappa shape index (κ1) is 22.1. The molecule has 1 aliphatic heterocycles. The fourth-order valence-corrected chi connectivity index (χ4v) is 4.34. The van der Waals surface area contributed by atoms with Gasteiger partial charge in [-0.3, -0.25) is 0 Å². The van der Waals surface area contributed by atoms with Crippen LogP contribution < -0.4 is 10.6 Å². The van der Waals surface area contributed by atoms with Crippen LogP contribution >= 0.6 is 35.7 Å². The lowest BCUT2D eigenvalue weighted by Crippen LogP contribution is -2.43. The highest BCUT2D eigenvalue weighted by Gasteiger charge is 2.29. The largest absolute Gasteiger partial charge is 0.357 e. The molecule has 0 spiro atoms. The van der Waals surface area contributed by atoms with E-state index in [1.165, 1.54) is 29.7 Å². The van der Waals surface area contributed by atoms with E-state index in [0.29, 0.717) is 11.3 Å². The van der Waals surface area contributed by atoms with Gasteiger partial charge in [0.2, 0.25) is 0 Å². The zero-order valence-corrected chi connectivity index (χ0v) is 19.3. The second-order valence-electron chi connectivity index (χ2n) is 7.00. The van der Waals surface area contributed by atoms with Gasteiger partial charge >= 0.3 is 0 Å². The molecule has 148 valence electrons. The number of aliphatic imine (C=N–C) groups is 1. The van der Waals surface area contributed by atoms with Gasteiger partial charge in [-0.2, -0.15) is 11.8 Å². The third-order valence-corrected chi connectivity index (χ3v) is 6.18. The summed E-state index contributed by atoms with van der Waals surface area (Å²) >= 11 is 2.07. The predicted molar refractivity (Wildman–Crippen MR) is 126 cm³/mol. The smallest absolute Gasteiger partial charge is 0.191 e. The van der Waals surface area contributed by atoms with E-state index in [1.54, 1.807) is 0 Å². The van der Waals surface area contributed by atoms with Crippen molar-refractivity contribution in [2.45, 2.75) is 44.5 Å². The average Bonchev–Trinajstić information content (AvgIpc) is 3.31. The summed E-state index contributed by atoms with van der Waals surface area (Å²) in [6.07, 6.45) is 8.23. The van der Waals surface area contributed by atoms with Gasteiger partial charge in [-0.1, -0.05) is 24.3 Å². The number of nitrogens with zero attached hydrogens (tertiary/aromatic N) is 3. The van der Waals surface area contributed by atoms with Crippen LogP contribution in [0.2, 0.25) is 0 Å². The maximum absolute atomic E-state index is 4.75. The van der Waals surface area contributed by atoms with E-state index in [-0.39, 0.29) is 24.0 Å². The van der Waals surface area contributed by atoms with Crippen molar-refractivity contribution in [3.8, 4) is 0 Å². The van der Waals surface area contributed by atoms with E-state index in [9.17, 15) is 0 Å². The zero-order valence-electron chi connectivity index (χ0n) is 16.1. The molecule has 0 saturated carbocycles. The van der Waals surface area contributed by atoms with E-state index in [4.69, 9.17) is 4.99 Å². The highest BCUT2D eigenvalue weighted by molar-refractivity contribution is 14.0. The van der Waals surface area contributed by atoms with Crippen molar-refractivity contribution in [3.63, 3.8) is 0 Å². The lowest BCUT2D eigenvalue weighted by molar-refractivity contribution is 0.584. The van der Waals surface area contributed by atoms with E-state index < -0.39 is 0 Å². The summed E-state index contributed by atoms with van der Waals surface area (Å²) in [5, 5.41) is 6.88. The molecule has 0 radical (unpaired) electrons. The molecule has 1 fully saturated rings. The van der Waals surface area contributed by atoms with E-state index in [1.807, 2.05) is 18.7 Å². The maximum atomic E-state index is 4.75. The van der Waals surface area contributed by atoms with Crippen molar-refractivity contribution in [1.82, 2.24) is 20.2 Å². The standard InChI is InChI=1S/C20H29N5S.HI/c1-3-22-19(24-15-20(2)9-4-12-26-20)23-13-17-5-7-18(8-6-17)14-25-11-10-21-16-25;/h5-8,10-11,16H,3-4,9,12-15H2,1-2H3,(H2,22,23,24);1H. The minimum absolute atomic E-state index is 0. The summed E-state index contributed by atoms with van der Waals surface area (Å²) in [6, 6.07) is 8.66. The molecule has 1 aliphatic rings. The summed E-state index contributed by atoms with van der Waals surface area (Å²) < 4.78 is 2.41. The number of halogens is 1. The molecular weight excluding hydrogens is 469 g/mol. The summed E-state index contributed by atoms with van der Waals surface area (Å²) in [7, 11) is 0. The van der Waals surface area contributed by atoms with E-state index in [0.717, 1.165) is 25.6 Å². The van der Waals surface area contributed by atoms with Crippen LogP contribution in [0.1, 0.15) is 37.8 Å².